The number of piperazine rings is 1. The van der Waals surface area contributed by atoms with Gasteiger partial charge in [0.25, 0.3) is 5.56 Å². The number of furan rings is 1. The van der Waals surface area contributed by atoms with E-state index in [1.54, 1.807) is 40.7 Å². The number of carbonyl (C=O) groups excluding carboxylic acids is 1. The van der Waals surface area contributed by atoms with Gasteiger partial charge in [-0.2, -0.15) is 18.3 Å². The topological polar surface area (TPSA) is 76.0 Å². The molecule has 1 unspecified atom stereocenters. The molecule has 0 aliphatic carbocycles. The maximum atomic E-state index is 13.4. The van der Waals surface area contributed by atoms with Crippen molar-refractivity contribution in [2.45, 2.75) is 32.5 Å². The molecule has 184 valence electrons. The minimum absolute atomic E-state index is 0.232. The summed E-state index contributed by atoms with van der Waals surface area (Å²) in [6, 6.07) is 7.81. The van der Waals surface area contributed by atoms with Crippen molar-refractivity contribution in [1.82, 2.24) is 19.1 Å². The smallest absolute Gasteiger partial charge is 0.416 e. The van der Waals surface area contributed by atoms with E-state index >= 15 is 0 Å². The van der Waals surface area contributed by atoms with Crippen molar-refractivity contribution >= 4 is 28.2 Å². The van der Waals surface area contributed by atoms with Crippen molar-refractivity contribution < 1.29 is 22.4 Å². The molecule has 3 aromatic heterocycles. The molecule has 0 radical (unpaired) electrons. The van der Waals surface area contributed by atoms with Gasteiger partial charge in [-0.1, -0.05) is 13.0 Å². The second-order valence-corrected chi connectivity index (χ2v) is 8.62. The molecule has 1 atom stereocenters. The highest BCUT2D eigenvalue weighted by Crippen LogP contribution is 2.32. The molecule has 4 heterocycles. The highest BCUT2D eigenvalue weighted by molar-refractivity contribution is 5.83. The summed E-state index contributed by atoms with van der Waals surface area (Å²) in [5.41, 5.74) is 1.06. The summed E-state index contributed by atoms with van der Waals surface area (Å²) in [5, 5.41) is 4.45. The fourth-order valence-corrected chi connectivity index (χ4v) is 4.73. The van der Waals surface area contributed by atoms with Crippen LogP contribution in [0, 0.1) is 6.92 Å². The Kier molecular flexibility index (Phi) is 5.57. The number of anilines is 1. The van der Waals surface area contributed by atoms with Crippen LogP contribution in [0.25, 0.3) is 16.6 Å². The van der Waals surface area contributed by atoms with E-state index in [1.807, 2.05) is 11.8 Å². The molecule has 4 aromatic rings. The van der Waals surface area contributed by atoms with Crippen LogP contribution in [0.3, 0.4) is 0 Å². The number of alkyl halides is 3. The quantitative estimate of drug-likeness (QED) is 0.437. The molecule has 1 aliphatic heterocycles. The SMILES string of the molecule is CCC(C(=O)N1CCN(c2cccc(C(F)(F)F)c2)CC1)n1nc(C)n2c(cc3occc32)c1=O. The van der Waals surface area contributed by atoms with Crippen LogP contribution in [0.5, 0.6) is 0 Å². The first-order chi connectivity index (χ1) is 16.7. The zero-order chi connectivity index (χ0) is 24.9. The second-order valence-electron chi connectivity index (χ2n) is 8.62. The van der Waals surface area contributed by atoms with Crippen LogP contribution in [0.15, 0.2) is 51.9 Å². The van der Waals surface area contributed by atoms with Gasteiger partial charge in [-0.15, -0.1) is 0 Å². The summed E-state index contributed by atoms with van der Waals surface area (Å²) >= 11 is 0. The second kappa shape index (κ2) is 8.47. The Morgan fingerprint density at radius 3 is 2.54 bits per heavy atom. The molecule has 1 saturated heterocycles. The van der Waals surface area contributed by atoms with Gasteiger partial charge in [0, 0.05) is 44.0 Å². The lowest BCUT2D eigenvalue weighted by Crippen LogP contribution is -2.51. The van der Waals surface area contributed by atoms with E-state index in [0.717, 1.165) is 17.6 Å². The lowest BCUT2D eigenvalue weighted by atomic mass is 10.1. The number of hydrogen-bond donors (Lipinski definition) is 0. The third-order valence-electron chi connectivity index (χ3n) is 6.52. The van der Waals surface area contributed by atoms with Crippen LogP contribution in [0.1, 0.15) is 30.8 Å². The molecule has 1 aliphatic rings. The number of amides is 1. The number of benzene rings is 1. The number of fused-ring (bicyclic) bond motifs is 3. The molecular formula is C24H24F3N5O3. The molecule has 1 amide bonds. The van der Waals surface area contributed by atoms with Gasteiger partial charge < -0.3 is 14.2 Å². The average molecular weight is 487 g/mol. The van der Waals surface area contributed by atoms with Gasteiger partial charge in [-0.05, 0) is 31.5 Å². The van der Waals surface area contributed by atoms with E-state index < -0.39 is 17.8 Å². The first-order valence-corrected chi connectivity index (χ1v) is 11.4. The molecule has 35 heavy (non-hydrogen) atoms. The van der Waals surface area contributed by atoms with Gasteiger partial charge in [0.05, 0.1) is 17.3 Å². The van der Waals surface area contributed by atoms with E-state index in [1.165, 1.54) is 10.7 Å². The van der Waals surface area contributed by atoms with Crippen molar-refractivity contribution in [3.8, 4) is 0 Å². The van der Waals surface area contributed by atoms with Crippen LogP contribution in [-0.4, -0.2) is 51.2 Å². The average Bonchev–Trinajstić information content (AvgIpc) is 3.44. The van der Waals surface area contributed by atoms with Crippen LogP contribution in [-0.2, 0) is 11.0 Å². The summed E-state index contributed by atoms with van der Waals surface area (Å²) in [6.07, 6.45) is -2.50. The monoisotopic (exact) mass is 487 g/mol. The highest BCUT2D eigenvalue weighted by Gasteiger charge is 2.33. The van der Waals surface area contributed by atoms with Gasteiger partial charge in [0.1, 0.15) is 17.4 Å². The predicted molar refractivity (Wildman–Crippen MR) is 124 cm³/mol. The third kappa shape index (κ3) is 3.94. The molecule has 5 rings (SSSR count). The van der Waals surface area contributed by atoms with E-state index in [0.29, 0.717) is 55.2 Å². The summed E-state index contributed by atoms with van der Waals surface area (Å²) < 4.78 is 47.6. The van der Waals surface area contributed by atoms with Crippen molar-refractivity contribution in [1.29, 1.82) is 0 Å². The molecule has 1 fully saturated rings. The number of hydrogen-bond acceptors (Lipinski definition) is 5. The number of carbonyl (C=O) groups is 1. The van der Waals surface area contributed by atoms with Crippen LogP contribution >= 0.6 is 0 Å². The first-order valence-electron chi connectivity index (χ1n) is 11.4. The highest BCUT2D eigenvalue weighted by atomic mass is 19.4. The number of halogens is 3. The minimum atomic E-state index is -4.41. The van der Waals surface area contributed by atoms with Gasteiger partial charge in [-0.3, -0.25) is 14.0 Å². The Morgan fingerprint density at radius 1 is 1.11 bits per heavy atom. The molecule has 11 heteroatoms. The molecule has 0 N–H and O–H groups in total. The van der Waals surface area contributed by atoms with Crippen LogP contribution < -0.4 is 10.5 Å². The normalized spacial score (nSPS) is 15.8. The number of nitrogens with zero attached hydrogens (tertiary/aromatic N) is 5. The summed E-state index contributed by atoms with van der Waals surface area (Å²) in [7, 11) is 0. The van der Waals surface area contributed by atoms with Gasteiger partial charge in [-0.25, -0.2) is 4.68 Å². The van der Waals surface area contributed by atoms with Crippen LogP contribution in [0.4, 0.5) is 18.9 Å². The van der Waals surface area contributed by atoms with E-state index in [9.17, 15) is 22.8 Å². The number of rotatable bonds is 4. The van der Waals surface area contributed by atoms with Crippen molar-refractivity contribution in [3.05, 3.63) is 64.4 Å². The standard InChI is InChI=1S/C24H24F3N5O3/c1-3-18(32-23(34)20-14-21-19(7-12-35-21)31(20)15(2)28-32)22(33)30-10-8-29(9-11-30)17-6-4-5-16(13-17)24(25,26)27/h4-7,12-14,18H,3,8-11H2,1-2H3. The van der Waals surface area contributed by atoms with Crippen molar-refractivity contribution in [3.63, 3.8) is 0 Å². The summed E-state index contributed by atoms with van der Waals surface area (Å²) in [4.78, 5) is 30.1. The molecular weight excluding hydrogens is 463 g/mol. The Labute approximate surface area is 198 Å². The molecule has 1 aromatic carbocycles. The minimum Gasteiger partial charge on any atom is -0.463 e. The zero-order valence-corrected chi connectivity index (χ0v) is 19.2. The molecule has 0 saturated carbocycles. The van der Waals surface area contributed by atoms with E-state index in [4.69, 9.17) is 4.42 Å². The zero-order valence-electron chi connectivity index (χ0n) is 19.2. The first kappa shape index (κ1) is 23.0. The lowest BCUT2D eigenvalue weighted by molar-refractivity contribution is -0.137. The fourth-order valence-electron chi connectivity index (χ4n) is 4.73. The Hall–Kier alpha value is -3.76. The Balaban J connectivity index is 1.37. The maximum Gasteiger partial charge on any atom is 0.416 e. The maximum absolute atomic E-state index is 13.4. The molecule has 8 nitrogen and oxygen atoms in total. The lowest BCUT2D eigenvalue weighted by Gasteiger charge is -2.37. The molecule has 0 bridgehead atoms. The Morgan fingerprint density at radius 2 is 1.86 bits per heavy atom. The largest absolute Gasteiger partial charge is 0.463 e. The van der Waals surface area contributed by atoms with E-state index in [2.05, 4.69) is 5.10 Å². The third-order valence-corrected chi connectivity index (χ3v) is 6.52. The van der Waals surface area contributed by atoms with Crippen molar-refractivity contribution in [2.24, 2.45) is 0 Å². The van der Waals surface area contributed by atoms with Crippen LogP contribution in [0.2, 0.25) is 0 Å². The Bertz CT molecular complexity index is 1460. The number of aromatic nitrogens is 3. The van der Waals surface area contributed by atoms with Gasteiger partial charge in [0.2, 0.25) is 5.91 Å². The predicted octanol–water partition coefficient (Wildman–Crippen LogP) is 3.87. The summed E-state index contributed by atoms with van der Waals surface area (Å²) in [5.74, 6) is 0.321. The number of aryl methyl sites for hydroxylation is 1. The fraction of sp³-hybridized carbons (Fsp3) is 0.375. The summed E-state index contributed by atoms with van der Waals surface area (Å²) in [6.45, 7) is 5.02. The van der Waals surface area contributed by atoms with Gasteiger partial charge in [0.15, 0.2) is 5.58 Å². The van der Waals surface area contributed by atoms with Crippen molar-refractivity contribution in [2.75, 3.05) is 31.1 Å². The molecule has 0 spiro atoms. The van der Waals surface area contributed by atoms with Gasteiger partial charge >= 0.3 is 6.18 Å². The van der Waals surface area contributed by atoms with E-state index in [-0.39, 0.29) is 11.5 Å².